The quantitative estimate of drug-likeness (QED) is 0.788. The van der Waals surface area contributed by atoms with Crippen molar-refractivity contribution in [3.05, 3.63) is 47.7 Å². The Balaban J connectivity index is 1.74. The molecule has 6 heteroatoms. The monoisotopic (exact) mass is 345 g/mol. The number of morpholine rings is 1. The van der Waals surface area contributed by atoms with E-state index in [1.165, 1.54) is 5.69 Å². The summed E-state index contributed by atoms with van der Waals surface area (Å²) in [5.41, 5.74) is 3.29. The summed E-state index contributed by atoms with van der Waals surface area (Å²) in [5, 5.41) is 3.41. The molecule has 1 aliphatic heterocycles. The third kappa shape index (κ3) is 4.33. The first-order valence-corrected chi connectivity index (χ1v) is 8.73. The zero-order valence-corrected chi connectivity index (χ0v) is 14.8. The Morgan fingerprint density at radius 3 is 2.83 bits per heavy atom. The molecule has 5 nitrogen and oxygen atoms in total. The van der Waals surface area contributed by atoms with E-state index < -0.39 is 0 Å². The molecule has 0 amide bonds. The van der Waals surface area contributed by atoms with E-state index in [9.17, 15) is 0 Å². The fourth-order valence-electron chi connectivity index (χ4n) is 2.72. The van der Waals surface area contributed by atoms with Crippen molar-refractivity contribution in [2.75, 3.05) is 43.6 Å². The van der Waals surface area contributed by atoms with E-state index >= 15 is 0 Å². The fraction of sp³-hybridized carbons (Fsp3) is 0.389. The average molecular weight is 345 g/mol. The summed E-state index contributed by atoms with van der Waals surface area (Å²) in [7, 11) is 1.68. The van der Waals surface area contributed by atoms with Crippen molar-refractivity contribution in [2.24, 2.45) is 0 Å². The minimum atomic E-state index is 0.617. The standard InChI is InChI=1S/C18H23N3O2S/c1-22-17-4-2-3-14(9-17)12-19-18-11-16(10-15(13-24)20-18)21-5-7-23-8-6-21/h2-4,9-11,24H,5-8,12-13H2,1H3,(H,19,20). The Morgan fingerprint density at radius 1 is 1.25 bits per heavy atom. The third-order valence-corrected chi connectivity index (χ3v) is 4.33. The van der Waals surface area contributed by atoms with Crippen LogP contribution in [0, 0.1) is 0 Å². The van der Waals surface area contributed by atoms with Gasteiger partial charge in [0.2, 0.25) is 0 Å². The molecule has 0 aliphatic carbocycles. The number of nitrogens with zero attached hydrogens (tertiary/aromatic N) is 2. The normalized spacial score (nSPS) is 14.5. The number of thiol groups is 1. The van der Waals surface area contributed by atoms with E-state index in [-0.39, 0.29) is 0 Å². The first kappa shape index (κ1) is 16.9. The average Bonchev–Trinajstić information content (AvgIpc) is 2.67. The van der Waals surface area contributed by atoms with Gasteiger partial charge in [0.25, 0.3) is 0 Å². The van der Waals surface area contributed by atoms with Gasteiger partial charge < -0.3 is 19.7 Å². The molecule has 1 aliphatic rings. The summed E-state index contributed by atoms with van der Waals surface area (Å²) in [5.74, 6) is 2.35. The molecule has 0 unspecified atom stereocenters. The van der Waals surface area contributed by atoms with Crippen LogP contribution in [0.1, 0.15) is 11.3 Å². The predicted molar refractivity (Wildman–Crippen MR) is 100 cm³/mol. The van der Waals surface area contributed by atoms with Gasteiger partial charge in [0.05, 0.1) is 26.0 Å². The first-order valence-electron chi connectivity index (χ1n) is 8.10. The lowest BCUT2D eigenvalue weighted by Gasteiger charge is -2.29. The zero-order chi connectivity index (χ0) is 16.8. The predicted octanol–water partition coefficient (Wildman–Crippen LogP) is 2.97. The number of rotatable bonds is 6. The minimum Gasteiger partial charge on any atom is -0.497 e. The number of nitrogens with one attached hydrogen (secondary N) is 1. The van der Waals surface area contributed by atoms with E-state index in [1.807, 2.05) is 18.2 Å². The molecule has 2 heterocycles. The van der Waals surface area contributed by atoms with Crippen LogP contribution < -0.4 is 15.0 Å². The van der Waals surface area contributed by atoms with Gasteiger partial charge in [0.15, 0.2) is 0 Å². The van der Waals surface area contributed by atoms with Gasteiger partial charge in [0, 0.05) is 37.1 Å². The van der Waals surface area contributed by atoms with E-state index in [4.69, 9.17) is 9.47 Å². The fourth-order valence-corrected chi connectivity index (χ4v) is 2.88. The van der Waals surface area contributed by atoms with Crippen molar-refractivity contribution in [2.45, 2.75) is 12.3 Å². The number of pyridine rings is 1. The lowest BCUT2D eigenvalue weighted by Crippen LogP contribution is -2.36. The zero-order valence-electron chi connectivity index (χ0n) is 13.9. The molecule has 0 radical (unpaired) electrons. The largest absolute Gasteiger partial charge is 0.497 e. The van der Waals surface area contributed by atoms with Crippen molar-refractivity contribution in [3.8, 4) is 5.75 Å². The lowest BCUT2D eigenvalue weighted by molar-refractivity contribution is 0.122. The van der Waals surface area contributed by atoms with Crippen LogP contribution in [-0.2, 0) is 17.0 Å². The summed E-state index contributed by atoms with van der Waals surface area (Å²) >= 11 is 4.38. The summed E-state index contributed by atoms with van der Waals surface area (Å²) in [6, 6.07) is 12.2. The SMILES string of the molecule is COc1cccc(CNc2cc(N3CCOCC3)cc(CS)n2)c1. The van der Waals surface area contributed by atoms with E-state index in [1.54, 1.807) is 7.11 Å². The highest BCUT2D eigenvalue weighted by Crippen LogP contribution is 2.22. The molecule has 128 valence electrons. The summed E-state index contributed by atoms with van der Waals surface area (Å²) in [4.78, 5) is 6.96. The van der Waals surface area contributed by atoms with E-state index in [2.05, 4.69) is 46.0 Å². The van der Waals surface area contributed by atoms with Gasteiger partial charge in [-0.2, -0.15) is 12.6 Å². The highest BCUT2D eigenvalue weighted by Gasteiger charge is 2.13. The van der Waals surface area contributed by atoms with Crippen LogP contribution in [0.5, 0.6) is 5.75 Å². The molecule has 0 bridgehead atoms. The van der Waals surface area contributed by atoms with Crippen LogP contribution in [0.2, 0.25) is 0 Å². The van der Waals surface area contributed by atoms with Gasteiger partial charge in [-0.15, -0.1) is 0 Å². The maximum absolute atomic E-state index is 5.44. The van der Waals surface area contributed by atoms with Gasteiger partial charge in [-0.05, 0) is 23.8 Å². The minimum absolute atomic E-state index is 0.617. The molecule has 0 spiro atoms. The highest BCUT2D eigenvalue weighted by molar-refractivity contribution is 7.79. The molecule has 0 saturated carbocycles. The molecule has 2 aromatic rings. The number of hydrogen-bond donors (Lipinski definition) is 2. The molecule has 3 rings (SSSR count). The van der Waals surface area contributed by atoms with E-state index in [0.717, 1.165) is 49.1 Å². The van der Waals surface area contributed by atoms with Crippen LogP contribution in [0.4, 0.5) is 11.5 Å². The van der Waals surface area contributed by atoms with Gasteiger partial charge in [-0.3, -0.25) is 0 Å². The Morgan fingerprint density at radius 2 is 2.08 bits per heavy atom. The van der Waals surface area contributed by atoms with Crippen LogP contribution in [-0.4, -0.2) is 38.4 Å². The number of benzene rings is 1. The smallest absolute Gasteiger partial charge is 0.128 e. The van der Waals surface area contributed by atoms with Crippen molar-refractivity contribution in [1.82, 2.24) is 4.98 Å². The maximum atomic E-state index is 5.44. The molecule has 0 atom stereocenters. The molecular formula is C18H23N3O2S. The maximum Gasteiger partial charge on any atom is 0.128 e. The number of hydrogen-bond acceptors (Lipinski definition) is 6. The molecule has 1 aromatic carbocycles. The Bertz CT molecular complexity index is 675. The number of aromatic nitrogens is 1. The topological polar surface area (TPSA) is 46.6 Å². The second-order valence-corrected chi connectivity index (χ2v) is 5.98. The Hall–Kier alpha value is -1.92. The number of anilines is 2. The lowest BCUT2D eigenvalue weighted by atomic mass is 10.2. The van der Waals surface area contributed by atoms with Gasteiger partial charge in [-0.25, -0.2) is 4.98 Å². The number of ether oxygens (including phenoxy) is 2. The molecular weight excluding hydrogens is 322 g/mol. The first-order chi connectivity index (χ1) is 11.8. The third-order valence-electron chi connectivity index (χ3n) is 4.01. The van der Waals surface area contributed by atoms with Crippen LogP contribution in [0.25, 0.3) is 0 Å². The Kier molecular flexibility index (Phi) is 5.82. The van der Waals surface area contributed by atoms with E-state index in [0.29, 0.717) is 12.3 Å². The molecule has 24 heavy (non-hydrogen) atoms. The van der Waals surface area contributed by atoms with Crippen LogP contribution in [0.15, 0.2) is 36.4 Å². The summed E-state index contributed by atoms with van der Waals surface area (Å²) in [6.45, 7) is 4.05. The summed E-state index contributed by atoms with van der Waals surface area (Å²) < 4.78 is 10.7. The van der Waals surface area contributed by atoms with Crippen molar-refractivity contribution >= 4 is 24.1 Å². The second-order valence-electron chi connectivity index (χ2n) is 5.66. The molecule has 1 aromatic heterocycles. The van der Waals surface area contributed by atoms with Gasteiger partial charge in [-0.1, -0.05) is 12.1 Å². The number of methoxy groups -OCH3 is 1. The van der Waals surface area contributed by atoms with Crippen molar-refractivity contribution < 1.29 is 9.47 Å². The summed E-state index contributed by atoms with van der Waals surface area (Å²) in [6.07, 6.45) is 0. The van der Waals surface area contributed by atoms with Crippen molar-refractivity contribution in [3.63, 3.8) is 0 Å². The Labute approximate surface area is 148 Å². The molecule has 1 N–H and O–H groups in total. The molecule has 1 saturated heterocycles. The van der Waals surface area contributed by atoms with Crippen LogP contribution >= 0.6 is 12.6 Å². The molecule has 1 fully saturated rings. The second kappa shape index (κ2) is 8.26. The van der Waals surface area contributed by atoms with Crippen molar-refractivity contribution in [1.29, 1.82) is 0 Å². The van der Waals surface area contributed by atoms with Crippen LogP contribution in [0.3, 0.4) is 0 Å². The van der Waals surface area contributed by atoms with Gasteiger partial charge in [0.1, 0.15) is 11.6 Å². The van der Waals surface area contributed by atoms with Gasteiger partial charge >= 0.3 is 0 Å². The highest BCUT2D eigenvalue weighted by atomic mass is 32.1.